The smallest absolute Gasteiger partial charge is 0.258 e. The quantitative estimate of drug-likeness (QED) is 0.146. The molecule has 3 fully saturated rings. The summed E-state index contributed by atoms with van der Waals surface area (Å²) in [6, 6.07) is 16.9. The fourth-order valence-electron chi connectivity index (χ4n) is 7.99. The number of piperidine rings is 1. The van der Waals surface area contributed by atoms with Crippen LogP contribution in [0, 0.1) is 33.2 Å². The summed E-state index contributed by atoms with van der Waals surface area (Å²) < 4.78 is 27.5. The van der Waals surface area contributed by atoms with Crippen LogP contribution in [0.25, 0.3) is 16.0 Å². The number of aromatic nitrogens is 1. The summed E-state index contributed by atoms with van der Waals surface area (Å²) in [5, 5.41) is 6.47. The SMILES string of the molecule is [C-]#[N+]C1(c2ccc(N(CC(C)OC3CN(c4cc5c(cc4F)CN(C4CCC(=O)NC4=O)C5=O)C3)c3cc(-c4c(C)noc4C)ccc3C)cc2)CC1. The lowest BCUT2D eigenvalue weighted by Crippen LogP contribution is -2.54. The summed E-state index contributed by atoms with van der Waals surface area (Å²) in [6.07, 6.45) is 1.81. The summed E-state index contributed by atoms with van der Waals surface area (Å²) in [5.41, 5.74) is 7.77. The van der Waals surface area contributed by atoms with Crippen LogP contribution in [-0.2, 0) is 26.4 Å². The zero-order valence-corrected chi connectivity index (χ0v) is 30.2. The van der Waals surface area contributed by atoms with Gasteiger partial charge in [0.15, 0.2) is 0 Å². The molecule has 53 heavy (non-hydrogen) atoms. The first-order valence-corrected chi connectivity index (χ1v) is 18.1. The van der Waals surface area contributed by atoms with Crippen LogP contribution in [0.2, 0.25) is 0 Å². The maximum absolute atomic E-state index is 15.5. The molecule has 8 rings (SSSR count). The Bertz CT molecular complexity index is 2160. The number of benzene rings is 3. The number of fused-ring (bicyclic) bond motifs is 1. The molecule has 3 aliphatic heterocycles. The molecule has 1 saturated carbocycles. The van der Waals surface area contributed by atoms with E-state index in [9.17, 15) is 14.4 Å². The molecule has 0 spiro atoms. The van der Waals surface area contributed by atoms with E-state index in [1.165, 1.54) is 11.0 Å². The zero-order chi connectivity index (χ0) is 37.2. The first-order valence-electron chi connectivity index (χ1n) is 18.1. The number of rotatable bonds is 10. The van der Waals surface area contributed by atoms with Crippen LogP contribution in [0.5, 0.6) is 0 Å². The molecule has 0 radical (unpaired) electrons. The van der Waals surface area contributed by atoms with Crippen molar-refractivity contribution >= 4 is 34.8 Å². The number of ether oxygens (including phenoxy) is 1. The van der Waals surface area contributed by atoms with Gasteiger partial charge in [0.2, 0.25) is 11.8 Å². The number of aryl methyl sites for hydroxylation is 3. The number of nitrogens with zero attached hydrogens (tertiary/aromatic N) is 5. The van der Waals surface area contributed by atoms with E-state index in [0.717, 1.165) is 57.9 Å². The van der Waals surface area contributed by atoms with Crippen molar-refractivity contribution in [2.24, 2.45) is 0 Å². The highest BCUT2D eigenvalue weighted by Crippen LogP contribution is 2.50. The average Bonchev–Trinajstić information content (AvgIpc) is 3.77. The molecule has 2 atom stereocenters. The fraction of sp³-hybridized carbons (Fsp3) is 0.390. The van der Waals surface area contributed by atoms with Crippen LogP contribution >= 0.6 is 0 Å². The minimum Gasteiger partial charge on any atom is -0.370 e. The van der Waals surface area contributed by atoms with Crippen molar-refractivity contribution in [3.63, 3.8) is 0 Å². The summed E-state index contributed by atoms with van der Waals surface area (Å²) in [7, 11) is 0. The van der Waals surface area contributed by atoms with Gasteiger partial charge >= 0.3 is 0 Å². The highest BCUT2D eigenvalue weighted by Gasteiger charge is 2.52. The molecule has 0 bridgehead atoms. The van der Waals surface area contributed by atoms with Gasteiger partial charge in [-0.3, -0.25) is 19.7 Å². The molecule has 1 aliphatic carbocycles. The number of anilines is 3. The van der Waals surface area contributed by atoms with E-state index in [-0.39, 0.29) is 43.4 Å². The maximum atomic E-state index is 15.5. The Labute approximate surface area is 307 Å². The minimum absolute atomic E-state index is 0.126. The topological polar surface area (TPSA) is 113 Å². The van der Waals surface area contributed by atoms with Gasteiger partial charge in [-0.25, -0.2) is 11.0 Å². The average molecular weight is 717 g/mol. The van der Waals surface area contributed by atoms with E-state index in [1.54, 1.807) is 6.07 Å². The Morgan fingerprint density at radius 1 is 1.09 bits per heavy atom. The molecular formula is C41H41FN6O5. The van der Waals surface area contributed by atoms with Gasteiger partial charge in [0.05, 0.1) is 23.6 Å². The third-order valence-corrected chi connectivity index (χ3v) is 11.1. The standard InChI is InChI=1S/C41H41FN6O5/c1-23-6-7-27(38-25(3)45-53-26(38)4)17-35(23)47(30-10-8-29(9-11-30)41(43-5)14-15-41)19-24(2)52-31-21-46(22-31)36-18-32-28(16-33(36)42)20-48(40(32)51)34-12-13-37(49)44-39(34)50/h6-11,16-18,24,31,34H,12-15,19-22H2,1-4H3,(H,44,49,50). The Balaban J connectivity index is 0.982. The van der Waals surface area contributed by atoms with Crippen molar-refractivity contribution in [2.45, 2.75) is 83.7 Å². The van der Waals surface area contributed by atoms with E-state index in [4.69, 9.17) is 15.8 Å². The van der Waals surface area contributed by atoms with Crippen LogP contribution in [0.4, 0.5) is 21.5 Å². The third kappa shape index (κ3) is 6.23. The van der Waals surface area contributed by atoms with Crippen LogP contribution < -0.4 is 15.1 Å². The lowest BCUT2D eigenvalue weighted by atomic mass is 10.00. The molecule has 1 aromatic heterocycles. The predicted octanol–water partition coefficient (Wildman–Crippen LogP) is 6.51. The first kappa shape index (κ1) is 34.5. The minimum atomic E-state index is -0.754. The monoisotopic (exact) mass is 716 g/mol. The van der Waals surface area contributed by atoms with Crippen LogP contribution in [0.1, 0.15) is 71.1 Å². The Hall–Kier alpha value is -5.54. The molecule has 3 amide bonds. The van der Waals surface area contributed by atoms with Gasteiger partial charge in [0.1, 0.15) is 17.6 Å². The molecule has 2 unspecified atom stereocenters. The van der Waals surface area contributed by atoms with Crippen LogP contribution in [0.15, 0.2) is 59.1 Å². The van der Waals surface area contributed by atoms with Crippen molar-refractivity contribution in [1.82, 2.24) is 15.4 Å². The summed E-state index contributed by atoms with van der Waals surface area (Å²) in [5.74, 6) is -0.853. The predicted molar refractivity (Wildman–Crippen MR) is 196 cm³/mol. The number of imide groups is 1. The summed E-state index contributed by atoms with van der Waals surface area (Å²) in [6.45, 7) is 17.3. The van der Waals surface area contributed by atoms with Crippen molar-refractivity contribution in [3.8, 4) is 11.1 Å². The van der Waals surface area contributed by atoms with E-state index >= 15 is 4.39 Å². The van der Waals surface area contributed by atoms with Crippen molar-refractivity contribution < 1.29 is 28.0 Å². The van der Waals surface area contributed by atoms with Gasteiger partial charge < -0.3 is 28.8 Å². The van der Waals surface area contributed by atoms with Gasteiger partial charge in [-0.2, -0.15) is 0 Å². The largest absolute Gasteiger partial charge is 0.370 e. The molecule has 11 nitrogen and oxygen atoms in total. The number of hydrogen-bond donors (Lipinski definition) is 1. The summed E-state index contributed by atoms with van der Waals surface area (Å²) in [4.78, 5) is 46.9. The van der Waals surface area contributed by atoms with Gasteiger partial charge in [-0.1, -0.05) is 17.3 Å². The number of amides is 3. The van der Waals surface area contributed by atoms with Crippen LogP contribution in [-0.4, -0.2) is 65.7 Å². The molecule has 4 aromatic rings. The Morgan fingerprint density at radius 2 is 1.85 bits per heavy atom. The van der Waals surface area contributed by atoms with E-state index < -0.39 is 23.3 Å². The van der Waals surface area contributed by atoms with E-state index in [2.05, 4.69) is 69.6 Å². The van der Waals surface area contributed by atoms with Crippen molar-refractivity contribution in [2.75, 3.05) is 29.4 Å². The van der Waals surface area contributed by atoms with Crippen molar-refractivity contribution in [1.29, 1.82) is 0 Å². The lowest BCUT2D eigenvalue weighted by molar-refractivity contribution is -0.136. The molecule has 3 aromatic carbocycles. The number of carbonyl (C=O) groups is 3. The molecule has 4 heterocycles. The molecule has 1 N–H and O–H groups in total. The molecule has 272 valence electrons. The first-order chi connectivity index (χ1) is 25.4. The van der Waals surface area contributed by atoms with Crippen molar-refractivity contribution in [3.05, 3.63) is 106 Å². The second-order valence-corrected chi connectivity index (χ2v) is 14.8. The highest BCUT2D eigenvalue weighted by molar-refractivity contribution is 6.05. The van der Waals surface area contributed by atoms with Crippen LogP contribution in [0.3, 0.4) is 0 Å². The maximum Gasteiger partial charge on any atom is 0.258 e. The second kappa shape index (κ2) is 13.1. The zero-order valence-electron chi connectivity index (χ0n) is 30.2. The Morgan fingerprint density at radius 3 is 2.51 bits per heavy atom. The molecule has 12 heteroatoms. The molecule has 2 saturated heterocycles. The number of carbonyl (C=O) groups excluding carboxylic acids is 3. The highest BCUT2D eigenvalue weighted by atomic mass is 19.1. The van der Waals surface area contributed by atoms with Gasteiger partial charge in [-0.05, 0) is 93.3 Å². The van der Waals surface area contributed by atoms with Gasteiger partial charge in [0.25, 0.3) is 11.4 Å². The second-order valence-electron chi connectivity index (χ2n) is 14.8. The van der Waals surface area contributed by atoms with Gasteiger partial charge in [0, 0.05) is 73.5 Å². The third-order valence-electron chi connectivity index (χ3n) is 11.1. The van der Waals surface area contributed by atoms with E-state index in [1.807, 2.05) is 25.7 Å². The Kier molecular flexibility index (Phi) is 8.57. The lowest BCUT2D eigenvalue weighted by Gasteiger charge is -2.42. The molecular weight excluding hydrogens is 675 g/mol. The number of halogens is 1. The normalized spacial score (nSPS) is 19.8. The summed E-state index contributed by atoms with van der Waals surface area (Å²) >= 11 is 0. The van der Waals surface area contributed by atoms with Gasteiger partial charge in [-0.15, -0.1) is 0 Å². The molecule has 4 aliphatic rings. The number of hydrogen-bond acceptors (Lipinski definition) is 8. The van der Waals surface area contributed by atoms with E-state index in [0.29, 0.717) is 36.4 Å². The number of nitrogens with one attached hydrogen (secondary N) is 1. The fourth-order valence-corrected chi connectivity index (χ4v) is 7.99.